The molecule has 0 aromatic heterocycles. The molecule has 0 saturated carbocycles. The summed E-state index contributed by atoms with van der Waals surface area (Å²) in [6, 6.07) is 17.2. The van der Waals surface area contributed by atoms with Gasteiger partial charge in [-0.1, -0.05) is 40.2 Å². The lowest BCUT2D eigenvalue weighted by Crippen LogP contribution is -2.49. The van der Waals surface area contributed by atoms with Crippen molar-refractivity contribution in [1.29, 1.82) is 0 Å². The lowest BCUT2D eigenvalue weighted by Gasteiger charge is -2.34. The quantitative estimate of drug-likeness (QED) is 0.719. The Morgan fingerprint density at radius 2 is 1.96 bits per heavy atom. The first-order valence-corrected chi connectivity index (χ1v) is 9.34. The SMILES string of the molecule is CCN(C(=O)C1CCCN(c2ccccc2)C1=O)c1cccc(Br)c1. The molecule has 0 aliphatic carbocycles. The van der Waals surface area contributed by atoms with E-state index in [2.05, 4.69) is 15.9 Å². The van der Waals surface area contributed by atoms with Crippen LogP contribution in [0.15, 0.2) is 59.1 Å². The van der Waals surface area contributed by atoms with Crippen molar-refractivity contribution in [3.63, 3.8) is 0 Å². The van der Waals surface area contributed by atoms with Gasteiger partial charge >= 0.3 is 0 Å². The molecule has 5 heteroatoms. The van der Waals surface area contributed by atoms with Crippen LogP contribution in [0.4, 0.5) is 11.4 Å². The Morgan fingerprint density at radius 3 is 2.64 bits per heavy atom. The molecule has 3 rings (SSSR count). The third-order valence-corrected chi connectivity index (χ3v) is 5.00. The molecule has 0 bridgehead atoms. The number of benzene rings is 2. The summed E-state index contributed by atoms with van der Waals surface area (Å²) in [5, 5.41) is 0. The van der Waals surface area contributed by atoms with Gasteiger partial charge in [-0.15, -0.1) is 0 Å². The van der Waals surface area contributed by atoms with Crippen molar-refractivity contribution in [1.82, 2.24) is 0 Å². The van der Waals surface area contributed by atoms with Crippen LogP contribution in [0.1, 0.15) is 19.8 Å². The van der Waals surface area contributed by atoms with Crippen molar-refractivity contribution >= 4 is 39.1 Å². The van der Waals surface area contributed by atoms with Crippen LogP contribution >= 0.6 is 15.9 Å². The highest BCUT2D eigenvalue weighted by Gasteiger charge is 2.37. The molecule has 1 fully saturated rings. The van der Waals surface area contributed by atoms with E-state index in [9.17, 15) is 9.59 Å². The summed E-state index contributed by atoms with van der Waals surface area (Å²) in [6.07, 6.45) is 1.43. The molecule has 4 nitrogen and oxygen atoms in total. The van der Waals surface area contributed by atoms with Gasteiger partial charge in [0.1, 0.15) is 5.92 Å². The molecule has 2 aromatic carbocycles. The van der Waals surface area contributed by atoms with E-state index >= 15 is 0 Å². The van der Waals surface area contributed by atoms with E-state index in [-0.39, 0.29) is 11.8 Å². The molecule has 25 heavy (non-hydrogen) atoms. The molecule has 1 unspecified atom stereocenters. The van der Waals surface area contributed by atoms with Gasteiger partial charge in [-0.3, -0.25) is 9.59 Å². The van der Waals surface area contributed by atoms with E-state index in [1.807, 2.05) is 61.5 Å². The Kier molecular flexibility index (Phi) is 5.53. The fourth-order valence-electron chi connectivity index (χ4n) is 3.27. The Balaban J connectivity index is 1.84. The van der Waals surface area contributed by atoms with Gasteiger partial charge in [0.25, 0.3) is 0 Å². The molecule has 130 valence electrons. The Morgan fingerprint density at radius 1 is 1.20 bits per heavy atom. The molecule has 1 heterocycles. The number of carbonyl (C=O) groups excluding carboxylic acids is 2. The number of carbonyl (C=O) groups is 2. The number of rotatable bonds is 4. The number of hydrogen-bond acceptors (Lipinski definition) is 2. The Labute approximate surface area is 156 Å². The second-order valence-corrected chi connectivity index (χ2v) is 7.00. The molecule has 2 amide bonds. The van der Waals surface area contributed by atoms with Crippen LogP contribution in [-0.4, -0.2) is 24.9 Å². The summed E-state index contributed by atoms with van der Waals surface area (Å²) in [7, 11) is 0. The van der Waals surface area contributed by atoms with Gasteiger partial charge in [0.05, 0.1) is 0 Å². The van der Waals surface area contributed by atoms with Gasteiger partial charge in [-0.2, -0.15) is 0 Å². The number of nitrogens with zero attached hydrogens (tertiary/aromatic N) is 2. The largest absolute Gasteiger partial charge is 0.312 e. The second kappa shape index (κ2) is 7.83. The predicted molar refractivity (Wildman–Crippen MR) is 104 cm³/mol. The topological polar surface area (TPSA) is 40.6 Å². The van der Waals surface area contributed by atoms with Crippen molar-refractivity contribution in [3.8, 4) is 0 Å². The maximum Gasteiger partial charge on any atom is 0.239 e. The first-order chi connectivity index (χ1) is 12.1. The number of piperidine rings is 1. The molecular formula is C20H21BrN2O2. The molecule has 1 saturated heterocycles. The summed E-state index contributed by atoms with van der Waals surface area (Å²) < 4.78 is 0.914. The van der Waals surface area contributed by atoms with Crippen molar-refractivity contribution in [2.45, 2.75) is 19.8 Å². The van der Waals surface area contributed by atoms with Gasteiger partial charge in [0.2, 0.25) is 11.8 Å². The smallest absolute Gasteiger partial charge is 0.239 e. The number of halogens is 1. The van der Waals surface area contributed by atoms with Gasteiger partial charge < -0.3 is 9.80 Å². The zero-order valence-electron chi connectivity index (χ0n) is 14.2. The number of anilines is 2. The normalized spacial score (nSPS) is 17.4. The molecule has 1 aliphatic heterocycles. The minimum absolute atomic E-state index is 0.101. The zero-order valence-corrected chi connectivity index (χ0v) is 15.8. The average molecular weight is 401 g/mol. The minimum Gasteiger partial charge on any atom is -0.312 e. The van der Waals surface area contributed by atoms with E-state index in [0.29, 0.717) is 19.5 Å². The Bertz CT molecular complexity index is 763. The fraction of sp³-hybridized carbons (Fsp3) is 0.300. The van der Waals surface area contributed by atoms with Crippen LogP contribution in [0.25, 0.3) is 0 Å². The highest BCUT2D eigenvalue weighted by atomic mass is 79.9. The molecule has 0 radical (unpaired) electrons. The highest BCUT2D eigenvalue weighted by molar-refractivity contribution is 9.10. The molecule has 1 aliphatic rings. The maximum atomic E-state index is 13.1. The number of hydrogen-bond donors (Lipinski definition) is 0. The summed E-state index contributed by atoms with van der Waals surface area (Å²) >= 11 is 3.44. The van der Waals surface area contributed by atoms with Crippen LogP contribution in [0.5, 0.6) is 0 Å². The molecule has 0 spiro atoms. The van der Waals surface area contributed by atoms with Gasteiger partial charge in [0, 0.05) is 28.9 Å². The van der Waals surface area contributed by atoms with Crippen LogP contribution in [-0.2, 0) is 9.59 Å². The first-order valence-electron chi connectivity index (χ1n) is 8.55. The summed E-state index contributed by atoms with van der Waals surface area (Å²) in [4.78, 5) is 29.5. The average Bonchev–Trinajstić information content (AvgIpc) is 2.63. The van der Waals surface area contributed by atoms with Crippen molar-refractivity contribution in [2.75, 3.05) is 22.9 Å². The maximum absolute atomic E-state index is 13.1. The lowest BCUT2D eigenvalue weighted by atomic mass is 9.94. The molecular weight excluding hydrogens is 380 g/mol. The standard InChI is InChI=1S/C20H21BrN2O2/c1-2-22(17-11-6-8-15(21)14-17)19(24)18-12-7-13-23(20(18)25)16-9-4-3-5-10-16/h3-6,8-11,14,18H,2,7,12-13H2,1H3. The fourth-order valence-corrected chi connectivity index (χ4v) is 3.65. The van der Waals surface area contributed by atoms with Crippen LogP contribution in [0.2, 0.25) is 0 Å². The summed E-state index contributed by atoms with van der Waals surface area (Å²) in [6.45, 7) is 3.13. The lowest BCUT2D eigenvalue weighted by molar-refractivity contribution is -0.133. The summed E-state index contributed by atoms with van der Waals surface area (Å²) in [5.74, 6) is -0.838. The van der Waals surface area contributed by atoms with Crippen molar-refractivity contribution in [3.05, 3.63) is 59.1 Å². The van der Waals surface area contributed by atoms with Crippen molar-refractivity contribution in [2.24, 2.45) is 5.92 Å². The molecule has 1 atom stereocenters. The summed E-state index contributed by atoms with van der Waals surface area (Å²) in [5.41, 5.74) is 1.67. The van der Waals surface area contributed by atoms with E-state index in [4.69, 9.17) is 0 Å². The number of para-hydroxylation sites is 1. The Hall–Kier alpha value is -2.14. The predicted octanol–water partition coefficient (Wildman–Crippen LogP) is 4.25. The van der Waals surface area contributed by atoms with E-state index in [1.165, 1.54) is 0 Å². The minimum atomic E-state index is -0.618. The van der Waals surface area contributed by atoms with Gasteiger partial charge in [-0.05, 0) is 50.1 Å². The molecule has 0 N–H and O–H groups in total. The van der Waals surface area contributed by atoms with E-state index in [0.717, 1.165) is 22.3 Å². The number of amides is 2. The third kappa shape index (κ3) is 3.76. The van der Waals surface area contributed by atoms with Gasteiger partial charge in [0.15, 0.2) is 0 Å². The van der Waals surface area contributed by atoms with Gasteiger partial charge in [-0.25, -0.2) is 0 Å². The third-order valence-electron chi connectivity index (χ3n) is 4.51. The molecule has 2 aromatic rings. The monoisotopic (exact) mass is 400 g/mol. The van der Waals surface area contributed by atoms with E-state index in [1.54, 1.807) is 9.80 Å². The van der Waals surface area contributed by atoms with Crippen LogP contribution < -0.4 is 9.80 Å². The second-order valence-electron chi connectivity index (χ2n) is 6.08. The zero-order chi connectivity index (χ0) is 17.8. The van der Waals surface area contributed by atoms with Crippen LogP contribution in [0.3, 0.4) is 0 Å². The van der Waals surface area contributed by atoms with Crippen LogP contribution in [0, 0.1) is 5.92 Å². The van der Waals surface area contributed by atoms with E-state index < -0.39 is 5.92 Å². The van der Waals surface area contributed by atoms with Crippen molar-refractivity contribution < 1.29 is 9.59 Å². The first kappa shape index (κ1) is 17.7. The highest BCUT2D eigenvalue weighted by Crippen LogP contribution is 2.28.